The van der Waals surface area contributed by atoms with Crippen molar-refractivity contribution in [3.63, 3.8) is 0 Å². The second-order valence-corrected chi connectivity index (χ2v) is 5.69. The summed E-state index contributed by atoms with van der Waals surface area (Å²) in [6, 6.07) is 14.2. The van der Waals surface area contributed by atoms with Crippen molar-refractivity contribution in [2.24, 2.45) is 0 Å². The number of nitrogen functional groups attached to an aromatic ring is 1. The molecule has 2 rings (SSSR count). The number of para-hydroxylation sites is 1. The summed E-state index contributed by atoms with van der Waals surface area (Å²) in [5, 5.41) is 0. The van der Waals surface area contributed by atoms with Gasteiger partial charge in [0.05, 0.1) is 7.11 Å². The number of hydrogen-bond acceptors (Lipinski definition) is 3. The quantitative estimate of drug-likeness (QED) is 0.848. The van der Waals surface area contributed by atoms with E-state index in [1.165, 1.54) is 11.1 Å². The van der Waals surface area contributed by atoms with Gasteiger partial charge in [0.25, 0.3) is 0 Å². The van der Waals surface area contributed by atoms with E-state index in [-0.39, 0.29) is 0 Å². The smallest absolute Gasteiger partial charge is 0.123 e. The van der Waals surface area contributed by atoms with E-state index in [1.54, 1.807) is 7.11 Å². The Morgan fingerprint density at radius 2 is 1.90 bits per heavy atom. The van der Waals surface area contributed by atoms with Gasteiger partial charge in [0.15, 0.2) is 0 Å². The zero-order chi connectivity index (χ0) is 14.5. The van der Waals surface area contributed by atoms with Gasteiger partial charge in [-0.1, -0.05) is 24.3 Å². The predicted molar refractivity (Wildman–Crippen MR) is 86.7 cm³/mol. The molecule has 0 atom stereocenters. The van der Waals surface area contributed by atoms with Crippen LogP contribution >= 0.6 is 15.9 Å². The van der Waals surface area contributed by atoms with E-state index in [4.69, 9.17) is 10.5 Å². The Bertz CT molecular complexity index is 586. The average molecular weight is 335 g/mol. The molecule has 0 saturated carbocycles. The molecule has 0 unspecified atom stereocenters. The van der Waals surface area contributed by atoms with Crippen LogP contribution < -0.4 is 10.5 Å². The Labute approximate surface area is 128 Å². The van der Waals surface area contributed by atoms with Crippen LogP contribution in [0, 0.1) is 0 Å². The van der Waals surface area contributed by atoms with Crippen LogP contribution in [0.1, 0.15) is 11.1 Å². The Hall–Kier alpha value is -1.52. The van der Waals surface area contributed by atoms with E-state index in [1.807, 2.05) is 30.3 Å². The van der Waals surface area contributed by atoms with Crippen LogP contribution in [-0.4, -0.2) is 19.1 Å². The van der Waals surface area contributed by atoms with Crippen molar-refractivity contribution in [2.75, 3.05) is 19.9 Å². The van der Waals surface area contributed by atoms with Crippen molar-refractivity contribution in [3.8, 4) is 5.75 Å². The lowest BCUT2D eigenvalue weighted by Gasteiger charge is -2.18. The summed E-state index contributed by atoms with van der Waals surface area (Å²) in [5.74, 6) is 0.926. The predicted octanol–water partition coefficient (Wildman–Crippen LogP) is 3.67. The lowest BCUT2D eigenvalue weighted by Crippen LogP contribution is -2.17. The molecule has 0 saturated heterocycles. The minimum atomic E-state index is 0.771. The zero-order valence-electron chi connectivity index (χ0n) is 11.8. The number of nitrogens with zero attached hydrogens (tertiary/aromatic N) is 1. The third-order valence-corrected chi connectivity index (χ3v) is 3.87. The molecule has 4 heteroatoms. The lowest BCUT2D eigenvalue weighted by atomic mass is 10.1. The standard InChI is InChI=1S/C16H19BrN2O/c1-19(10-12-7-8-14(17)15(18)9-12)11-13-5-3-4-6-16(13)20-2/h3-9H,10-11,18H2,1-2H3. The van der Waals surface area contributed by atoms with Gasteiger partial charge < -0.3 is 10.5 Å². The second kappa shape index (κ2) is 6.77. The van der Waals surface area contributed by atoms with Gasteiger partial charge in [0, 0.05) is 28.8 Å². The zero-order valence-corrected chi connectivity index (χ0v) is 13.4. The highest BCUT2D eigenvalue weighted by molar-refractivity contribution is 9.10. The van der Waals surface area contributed by atoms with Crippen molar-refractivity contribution >= 4 is 21.6 Å². The number of methoxy groups -OCH3 is 1. The van der Waals surface area contributed by atoms with Crippen LogP contribution in [0.4, 0.5) is 5.69 Å². The maximum absolute atomic E-state index is 5.91. The molecule has 0 fully saturated rings. The highest BCUT2D eigenvalue weighted by Gasteiger charge is 2.07. The number of hydrogen-bond donors (Lipinski definition) is 1. The van der Waals surface area contributed by atoms with E-state index in [0.717, 1.165) is 29.0 Å². The third-order valence-electron chi connectivity index (χ3n) is 3.15. The SMILES string of the molecule is COc1ccccc1CN(C)Cc1ccc(Br)c(N)c1. The molecule has 2 N–H and O–H groups in total. The van der Waals surface area contributed by atoms with Crippen molar-refractivity contribution in [1.82, 2.24) is 4.90 Å². The number of anilines is 1. The van der Waals surface area contributed by atoms with E-state index in [2.05, 4.69) is 40.0 Å². The third kappa shape index (κ3) is 3.74. The minimum Gasteiger partial charge on any atom is -0.496 e. The fourth-order valence-electron chi connectivity index (χ4n) is 2.18. The van der Waals surface area contributed by atoms with E-state index in [0.29, 0.717) is 0 Å². The molecule has 2 aromatic rings. The molecule has 20 heavy (non-hydrogen) atoms. The Morgan fingerprint density at radius 1 is 1.15 bits per heavy atom. The highest BCUT2D eigenvalue weighted by Crippen LogP contribution is 2.22. The summed E-state index contributed by atoms with van der Waals surface area (Å²) in [6.45, 7) is 1.68. The summed E-state index contributed by atoms with van der Waals surface area (Å²) in [6.07, 6.45) is 0. The number of halogens is 1. The monoisotopic (exact) mass is 334 g/mol. The summed E-state index contributed by atoms with van der Waals surface area (Å²) in [7, 11) is 3.79. The fraction of sp³-hybridized carbons (Fsp3) is 0.250. The Morgan fingerprint density at radius 3 is 2.60 bits per heavy atom. The van der Waals surface area contributed by atoms with Gasteiger partial charge >= 0.3 is 0 Å². The lowest BCUT2D eigenvalue weighted by molar-refractivity contribution is 0.310. The van der Waals surface area contributed by atoms with Gasteiger partial charge in [-0.25, -0.2) is 0 Å². The molecule has 0 bridgehead atoms. The largest absolute Gasteiger partial charge is 0.496 e. The first-order valence-corrected chi connectivity index (χ1v) is 7.24. The van der Waals surface area contributed by atoms with Crippen LogP contribution in [0.5, 0.6) is 5.75 Å². The molecule has 106 valence electrons. The first kappa shape index (κ1) is 14.9. The molecule has 0 aliphatic carbocycles. The molecule has 0 radical (unpaired) electrons. The molecule has 0 aliphatic heterocycles. The van der Waals surface area contributed by atoms with Crippen LogP contribution in [0.25, 0.3) is 0 Å². The van der Waals surface area contributed by atoms with Crippen molar-refractivity contribution in [1.29, 1.82) is 0 Å². The van der Waals surface area contributed by atoms with Crippen molar-refractivity contribution < 1.29 is 4.74 Å². The maximum Gasteiger partial charge on any atom is 0.123 e. The molecule has 3 nitrogen and oxygen atoms in total. The normalized spacial score (nSPS) is 10.8. The first-order valence-electron chi connectivity index (χ1n) is 6.44. The average Bonchev–Trinajstić information content (AvgIpc) is 2.43. The first-order chi connectivity index (χ1) is 9.60. The summed E-state index contributed by atoms with van der Waals surface area (Å²) < 4.78 is 6.32. The van der Waals surface area contributed by atoms with Gasteiger partial charge in [0.1, 0.15) is 5.75 Å². The number of benzene rings is 2. The molecule has 0 aliphatic rings. The van der Waals surface area contributed by atoms with Gasteiger partial charge in [0.2, 0.25) is 0 Å². The van der Waals surface area contributed by atoms with Gasteiger partial charge in [-0.2, -0.15) is 0 Å². The topological polar surface area (TPSA) is 38.5 Å². The van der Waals surface area contributed by atoms with Gasteiger partial charge in [-0.3, -0.25) is 4.90 Å². The van der Waals surface area contributed by atoms with Crippen molar-refractivity contribution in [3.05, 3.63) is 58.1 Å². The van der Waals surface area contributed by atoms with E-state index < -0.39 is 0 Å². The number of nitrogens with two attached hydrogens (primary N) is 1. The molecule has 2 aromatic carbocycles. The van der Waals surface area contributed by atoms with Crippen molar-refractivity contribution in [2.45, 2.75) is 13.1 Å². The molecule has 0 aromatic heterocycles. The second-order valence-electron chi connectivity index (χ2n) is 4.84. The Balaban J connectivity index is 2.05. The van der Waals surface area contributed by atoms with Gasteiger partial charge in [-0.05, 0) is 46.7 Å². The van der Waals surface area contributed by atoms with E-state index in [9.17, 15) is 0 Å². The highest BCUT2D eigenvalue weighted by atomic mass is 79.9. The summed E-state index contributed by atoms with van der Waals surface area (Å²) in [4.78, 5) is 2.24. The van der Waals surface area contributed by atoms with E-state index >= 15 is 0 Å². The van der Waals surface area contributed by atoms with Gasteiger partial charge in [-0.15, -0.1) is 0 Å². The van der Waals surface area contributed by atoms with Crippen LogP contribution in [0.2, 0.25) is 0 Å². The molecular weight excluding hydrogens is 316 g/mol. The number of ether oxygens (including phenoxy) is 1. The summed E-state index contributed by atoms with van der Waals surface area (Å²) in [5.41, 5.74) is 9.06. The summed E-state index contributed by atoms with van der Waals surface area (Å²) >= 11 is 3.41. The van der Waals surface area contributed by atoms with Crippen LogP contribution in [0.15, 0.2) is 46.9 Å². The molecule has 0 heterocycles. The minimum absolute atomic E-state index is 0.771. The van der Waals surface area contributed by atoms with Crippen LogP contribution in [0.3, 0.4) is 0 Å². The molecule has 0 amide bonds. The van der Waals surface area contributed by atoms with Crippen LogP contribution in [-0.2, 0) is 13.1 Å². The Kier molecular flexibility index (Phi) is 5.04. The fourth-order valence-corrected chi connectivity index (χ4v) is 2.43. The molecule has 0 spiro atoms. The molecular formula is C16H19BrN2O. The number of rotatable bonds is 5. The maximum atomic E-state index is 5.91.